The van der Waals surface area contributed by atoms with Crippen molar-refractivity contribution in [2.45, 2.75) is 6.54 Å². The van der Waals surface area contributed by atoms with E-state index >= 15 is 0 Å². The number of nitrogen functional groups attached to an aromatic ring is 1. The minimum atomic E-state index is 0.273. The summed E-state index contributed by atoms with van der Waals surface area (Å²) in [6, 6.07) is 5.73. The van der Waals surface area contributed by atoms with Crippen molar-refractivity contribution < 1.29 is 9.77 Å². The lowest BCUT2D eigenvalue weighted by Gasteiger charge is -2.22. The second-order valence-electron chi connectivity index (χ2n) is 3.55. The Morgan fingerprint density at radius 1 is 1.38 bits per heavy atom. The van der Waals surface area contributed by atoms with Crippen LogP contribution in [0.25, 0.3) is 5.82 Å². The van der Waals surface area contributed by atoms with Gasteiger partial charge in [-0.25, -0.2) is 5.06 Å². The number of hydrogen-bond donors (Lipinski definition) is 2. The molecule has 3 heterocycles. The highest BCUT2D eigenvalue weighted by Crippen LogP contribution is 2.27. The molecule has 0 saturated heterocycles. The molecular formula is C10H10N5O+. The lowest BCUT2D eigenvalue weighted by Crippen LogP contribution is -2.45. The largest absolute Gasteiger partial charge is 0.382 e. The summed E-state index contributed by atoms with van der Waals surface area (Å²) >= 11 is 0. The van der Waals surface area contributed by atoms with E-state index in [9.17, 15) is 5.21 Å². The first-order valence-corrected chi connectivity index (χ1v) is 4.84. The van der Waals surface area contributed by atoms with E-state index in [0.29, 0.717) is 18.1 Å². The Balaban J connectivity index is 2.33. The SMILES string of the molecule is Nc1ncnc2c1N(O)Cc1cccc[n+]1-2. The molecule has 0 spiro atoms. The van der Waals surface area contributed by atoms with E-state index in [0.717, 1.165) is 10.8 Å². The van der Waals surface area contributed by atoms with Crippen LogP contribution in [0.3, 0.4) is 0 Å². The van der Waals surface area contributed by atoms with Gasteiger partial charge in [0, 0.05) is 0 Å². The van der Waals surface area contributed by atoms with Crippen LogP contribution in [0.5, 0.6) is 0 Å². The first kappa shape index (κ1) is 9.05. The van der Waals surface area contributed by atoms with Gasteiger partial charge in [-0.15, -0.1) is 0 Å². The van der Waals surface area contributed by atoms with Crippen LogP contribution in [-0.2, 0) is 6.54 Å². The number of hydroxylamine groups is 1. The third-order valence-corrected chi connectivity index (χ3v) is 2.57. The van der Waals surface area contributed by atoms with Gasteiger partial charge in [-0.1, -0.05) is 6.07 Å². The van der Waals surface area contributed by atoms with Crippen molar-refractivity contribution in [2.24, 2.45) is 0 Å². The van der Waals surface area contributed by atoms with Crippen molar-refractivity contribution in [3.63, 3.8) is 0 Å². The number of rotatable bonds is 0. The van der Waals surface area contributed by atoms with Crippen LogP contribution in [0.15, 0.2) is 30.7 Å². The first-order chi connectivity index (χ1) is 7.77. The molecule has 1 aliphatic heterocycles. The number of aromatic nitrogens is 3. The van der Waals surface area contributed by atoms with Gasteiger partial charge in [-0.2, -0.15) is 9.55 Å². The van der Waals surface area contributed by atoms with Crippen molar-refractivity contribution in [2.75, 3.05) is 10.8 Å². The van der Waals surface area contributed by atoms with Crippen molar-refractivity contribution in [1.82, 2.24) is 9.97 Å². The lowest BCUT2D eigenvalue weighted by molar-refractivity contribution is -0.610. The minimum Gasteiger partial charge on any atom is -0.382 e. The van der Waals surface area contributed by atoms with Gasteiger partial charge in [0.2, 0.25) is 12.0 Å². The van der Waals surface area contributed by atoms with Crippen LogP contribution >= 0.6 is 0 Å². The summed E-state index contributed by atoms with van der Waals surface area (Å²) in [5.74, 6) is 0.867. The van der Waals surface area contributed by atoms with E-state index in [-0.39, 0.29) is 5.82 Å². The number of nitrogens with zero attached hydrogens (tertiary/aromatic N) is 4. The monoisotopic (exact) mass is 216 g/mol. The van der Waals surface area contributed by atoms with Gasteiger partial charge in [0.1, 0.15) is 12.2 Å². The van der Waals surface area contributed by atoms with Crippen LogP contribution in [0.1, 0.15) is 5.69 Å². The second kappa shape index (κ2) is 3.14. The van der Waals surface area contributed by atoms with Crippen molar-refractivity contribution in [3.8, 4) is 5.82 Å². The summed E-state index contributed by atoms with van der Waals surface area (Å²) in [5, 5.41) is 10.9. The molecule has 3 N–H and O–H groups in total. The van der Waals surface area contributed by atoms with E-state index in [4.69, 9.17) is 5.73 Å². The van der Waals surface area contributed by atoms with Gasteiger partial charge in [-0.05, 0) is 17.1 Å². The summed E-state index contributed by atoms with van der Waals surface area (Å²) in [5.41, 5.74) is 7.11. The molecular weight excluding hydrogens is 206 g/mol. The molecule has 0 amide bonds. The van der Waals surface area contributed by atoms with Crippen molar-refractivity contribution in [3.05, 3.63) is 36.4 Å². The van der Waals surface area contributed by atoms with Crippen LogP contribution in [0, 0.1) is 0 Å². The highest BCUT2D eigenvalue weighted by Gasteiger charge is 2.31. The predicted molar refractivity (Wildman–Crippen MR) is 55.9 cm³/mol. The quantitative estimate of drug-likeness (QED) is 0.608. The van der Waals surface area contributed by atoms with Gasteiger partial charge >= 0.3 is 5.82 Å². The molecule has 3 rings (SSSR count). The molecule has 0 aromatic carbocycles. The zero-order chi connectivity index (χ0) is 11.1. The van der Waals surface area contributed by atoms with Crippen molar-refractivity contribution in [1.29, 1.82) is 0 Å². The zero-order valence-corrected chi connectivity index (χ0v) is 8.41. The molecule has 6 heteroatoms. The molecule has 0 aliphatic carbocycles. The molecule has 0 bridgehead atoms. The Kier molecular flexibility index (Phi) is 1.78. The first-order valence-electron chi connectivity index (χ1n) is 4.84. The van der Waals surface area contributed by atoms with E-state index in [1.807, 2.05) is 29.0 Å². The molecule has 0 atom stereocenters. The Labute approximate surface area is 91.6 Å². The standard InChI is InChI=1S/C10H10N5O/c11-9-8-10(13-6-12-9)14-4-2-1-3-7(14)5-15(8)16/h1-4,6,16H,5H2,(H2,11,12,13)/q+1. The molecule has 1 aliphatic rings. The molecule has 0 fully saturated rings. The Morgan fingerprint density at radius 3 is 3.12 bits per heavy atom. The minimum absolute atomic E-state index is 0.273. The molecule has 0 radical (unpaired) electrons. The van der Waals surface area contributed by atoms with Crippen LogP contribution in [0.2, 0.25) is 0 Å². The average molecular weight is 216 g/mol. The van der Waals surface area contributed by atoms with Gasteiger partial charge < -0.3 is 5.73 Å². The van der Waals surface area contributed by atoms with E-state index in [1.165, 1.54) is 6.33 Å². The Morgan fingerprint density at radius 2 is 2.25 bits per heavy atom. The molecule has 16 heavy (non-hydrogen) atoms. The molecule has 80 valence electrons. The molecule has 2 aromatic rings. The maximum Gasteiger partial charge on any atom is 0.359 e. The van der Waals surface area contributed by atoms with Gasteiger partial charge in [-0.3, -0.25) is 5.21 Å². The van der Waals surface area contributed by atoms with Gasteiger partial charge in [0.15, 0.2) is 5.82 Å². The third-order valence-electron chi connectivity index (χ3n) is 2.57. The normalized spacial score (nSPS) is 13.2. The summed E-state index contributed by atoms with van der Waals surface area (Å²) in [6.45, 7) is 0.366. The third kappa shape index (κ3) is 1.13. The number of fused-ring (bicyclic) bond motifs is 3. The number of hydrogen-bond acceptors (Lipinski definition) is 5. The number of anilines is 2. The van der Waals surface area contributed by atoms with Gasteiger partial charge in [0.05, 0.1) is 6.20 Å². The van der Waals surface area contributed by atoms with E-state index in [1.54, 1.807) is 0 Å². The highest BCUT2D eigenvalue weighted by molar-refractivity contribution is 5.68. The van der Waals surface area contributed by atoms with Gasteiger partial charge in [0.25, 0.3) is 0 Å². The molecule has 6 nitrogen and oxygen atoms in total. The van der Waals surface area contributed by atoms with Crippen LogP contribution in [0.4, 0.5) is 11.5 Å². The Bertz CT molecular complexity index is 557. The fourth-order valence-electron chi connectivity index (χ4n) is 1.85. The summed E-state index contributed by atoms with van der Waals surface area (Å²) in [4.78, 5) is 8.01. The molecule has 2 aromatic heterocycles. The fourth-order valence-corrected chi connectivity index (χ4v) is 1.85. The number of pyridine rings is 1. The van der Waals surface area contributed by atoms with Crippen LogP contribution in [-0.4, -0.2) is 15.2 Å². The highest BCUT2D eigenvalue weighted by atomic mass is 16.5. The maximum atomic E-state index is 9.85. The summed E-state index contributed by atoms with van der Waals surface area (Å²) < 4.78 is 1.89. The smallest absolute Gasteiger partial charge is 0.359 e. The van der Waals surface area contributed by atoms with E-state index < -0.39 is 0 Å². The maximum absolute atomic E-state index is 9.85. The predicted octanol–water partition coefficient (Wildman–Crippen LogP) is 0.0447. The van der Waals surface area contributed by atoms with E-state index in [2.05, 4.69) is 9.97 Å². The summed E-state index contributed by atoms with van der Waals surface area (Å²) in [7, 11) is 0. The zero-order valence-electron chi connectivity index (χ0n) is 8.41. The van der Waals surface area contributed by atoms with Crippen molar-refractivity contribution >= 4 is 11.5 Å². The average Bonchev–Trinajstić information content (AvgIpc) is 2.29. The molecule has 0 saturated carbocycles. The number of nitrogens with two attached hydrogens (primary N) is 1. The Hall–Kier alpha value is -2.21. The fraction of sp³-hybridized carbons (Fsp3) is 0.100. The second-order valence-corrected chi connectivity index (χ2v) is 3.55. The van der Waals surface area contributed by atoms with Crippen LogP contribution < -0.4 is 15.4 Å². The summed E-state index contributed by atoms with van der Waals surface area (Å²) in [6.07, 6.45) is 3.27. The topological polar surface area (TPSA) is 79.1 Å². The lowest BCUT2D eigenvalue weighted by atomic mass is 10.2. The molecule has 0 unspecified atom stereocenters.